The summed E-state index contributed by atoms with van der Waals surface area (Å²) < 4.78 is 12.4. The Hall–Kier alpha value is -3.39. The highest BCUT2D eigenvalue weighted by atomic mass is 16.5. The van der Waals surface area contributed by atoms with Gasteiger partial charge in [-0.25, -0.2) is 9.67 Å². The number of carbonyl (C=O) groups excluding carboxylic acids is 1. The van der Waals surface area contributed by atoms with Crippen molar-refractivity contribution in [3.63, 3.8) is 0 Å². The van der Waals surface area contributed by atoms with Gasteiger partial charge in [-0.15, -0.1) is 0 Å². The minimum absolute atomic E-state index is 0.0639. The van der Waals surface area contributed by atoms with Crippen LogP contribution in [-0.4, -0.2) is 53.4 Å². The normalized spacial score (nSPS) is 13.0. The Morgan fingerprint density at radius 3 is 2.48 bits per heavy atom. The number of benzene rings is 2. The third kappa shape index (κ3) is 5.40. The zero-order chi connectivity index (χ0) is 22.4. The molecule has 2 atom stereocenters. The predicted octanol–water partition coefficient (Wildman–Crippen LogP) is 3.15. The van der Waals surface area contributed by atoms with Crippen molar-refractivity contribution in [2.24, 2.45) is 0 Å². The summed E-state index contributed by atoms with van der Waals surface area (Å²) in [7, 11) is 5.17. The number of carbonyl (C=O) groups is 1. The Bertz CT molecular complexity index is 989. The summed E-state index contributed by atoms with van der Waals surface area (Å²) in [6, 6.07) is 13.5. The van der Waals surface area contributed by atoms with Gasteiger partial charge in [0.1, 0.15) is 24.2 Å². The molecule has 0 aliphatic rings. The Morgan fingerprint density at radius 2 is 1.87 bits per heavy atom. The number of ether oxygens (including phenoxy) is 2. The Morgan fingerprint density at radius 1 is 1.13 bits per heavy atom. The fraction of sp³-hybridized carbons (Fsp3) is 0.348. The van der Waals surface area contributed by atoms with E-state index in [1.54, 1.807) is 25.2 Å². The molecule has 2 aromatic carbocycles. The zero-order valence-corrected chi connectivity index (χ0v) is 18.6. The van der Waals surface area contributed by atoms with Crippen LogP contribution < -0.4 is 14.8 Å². The van der Waals surface area contributed by atoms with Gasteiger partial charge in [-0.3, -0.25) is 9.69 Å². The molecule has 0 aliphatic heterocycles. The minimum Gasteiger partial charge on any atom is -0.497 e. The molecule has 8 heteroatoms. The van der Waals surface area contributed by atoms with E-state index >= 15 is 0 Å². The van der Waals surface area contributed by atoms with E-state index in [2.05, 4.69) is 22.3 Å². The number of nitrogens with one attached hydrogen (secondary N) is 1. The molecule has 1 N–H and O–H groups in total. The lowest BCUT2D eigenvalue weighted by Crippen LogP contribution is -2.37. The highest BCUT2D eigenvalue weighted by Crippen LogP contribution is 2.29. The Kier molecular flexibility index (Phi) is 7.25. The van der Waals surface area contributed by atoms with Gasteiger partial charge in [0.2, 0.25) is 5.91 Å². The van der Waals surface area contributed by atoms with Crippen molar-refractivity contribution in [1.29, 1.82) is 0 Å². The summed E-state index contributed by atoms with van der Waals surface area (Å²) in [6.07, 6.45) is 3.17. The van der Waals surface area contributed by atoms with E-state index in [0.29, 0.717) is 5.75 Å². The first kappa shape index (κ1) is 22.3. The van der Waals surface area contributed by atoms with E-state index in [4.69, 9.17) is 9.47 Å². The Labute approximate surface area is 182 Å². The van der Waals surface area contributed by atoms with Crippen LogP contribution in [0.25, 0.3) is 5.69 Å². The molecular weight excluding hydrogens is 394 g/mol. The summed E-state index contributed by atoms with van der Waals surface area (Å²) in [4.78, 5) is 18.7. The van der Waals surface area contributed by atoms with Gasteiger partial charge in [-0.05, 0) is 56.8 Å². The van der Waals surface area contributed by atoms with Gasteiger partial charge in [-0.1, -0.05) is 12.1 Å². The van der Waals surface area contributed by atoms with Gasteiger partial charge < -0.3 is 14.8 Å². The van der Waals surface area contributed by atoms with Crippen LogP contribution in [0.5, 0.6) is 11.5 Å². The number of hydrogen-bond donors (Lipinski definition) is 1. The summed E-state index contributed by atoms with van der Waals surface area (Å²) in [6.45, 7) is 4.27. The van der Waals surface area contributed by atoms with Gasteiger partial charge in [-0.2, -0.15) is 5.10 Å². The van der Waals surface area contributed by atoms with Crippen molar-refractivity contribution in [1.82, 2.24) is 25.0 Å². The van der Waals surface area contributed by atoms with Crippen LogP contribution in [0.4, 0.5) is 0 Å². The van der Waals surface area contributed by atoms with Crippen LogP contribution in [-0.2, 0) is 4.79 Å². The molecule has 0 radical (unpaired) electrons. The molecule has 0 spiro atoms. The standard InChI is InChI=1S/C23H29N5O3/c1-16(21-12-20(30-4)10-11-22(21)31-5)26-23(29)13-27(3)17(2)18-6-8-19(9-7-18)28-15-24-14-25-28/h6-12,14-17H,13H2,1-5H3,(H,26,29)/t16-,17-/m0/s1. The van der Waals surface area contributed by atoms with Crippen molar-refractivity contribution in [2.45, 2.75) is 25.9 Å². The first-order valence-corrected chi connectivity index (χ1v) is 10.1. The highest BCUT2D eigenvalue weighted by Gasteiger charge is 2.19. The van der Waals surface area contributed by atoms with Gasteiger partial charge in [0, 0.05) is 11.6 Å². The molecule has 0 bridgehead atoms. The smallest absolute Gasteiger partial charge is 0.234 e. The van der Waals surface area contributed by atoms with Crippen LogP contribution >= 0.6 is 0 Å². The fourth-order valence-electron chi connectivity index (χ4n) is 3.41. The maximum absolute atomic E-state index is 12.7. The molecule has 164 valence electrons. The summed E-state index contributed by atoms with van der Waals surface area (Å²) in [5, 5.41) is 7.19. The lowest BCUT2D eigenvalue weighted by Gasteiger charge is -2.26. The molecule has 0 unspecified atom stereocenters. The quantitative estimate of drug-likeness (QED) is 0.569. The summed E-state index contributed by atoms with van der Waals surface area (Å²) in [5.74, 6) is 1.37. The van der Waals surface area contributed by atoms with Crippen molar-refractivity contribution >= 4 is 5.91 Å². The molecule has 1 aromatic heterocycles. The molecule has 0 fully saturated rings. The molecule has 8 nitrogen and oxygen atoms in total. The van der Waals surface area contributed by atoms with Gasteiger partial charge in [0.05, 0.1) is 32.5 Å². The van der Waals surface area contributed by atoms with E-state index in [1.807, 2.05) is 61.3 Å². The zero-order valence-electron chi connectivity index (χ0n) is 18.6. The van der Waals surface area contributed by atoms with Crippen molar-refractivity contribution < 1.29 is 14.3 Å². The summed E-state index contributed by atoms with van der Waals surface area (Å²) >= 11 is 0. The van der Waals surface area contributed by atoms with Crippen LogP contribution in [0, 0.1) is 0 Å². The van der Waals surface area contributed by atoms with Gasteiger partial charge in [0.25, 0.3) is 0 Å². The predicted molar refractivity (Wildman–Crippen MR) is 119 cm³/mol. The first-order valence-electron chi connectivity index (χ1n) is 10.1. The number of likely N-dealkylation sites (N-methyl/N-ethyl adjacent to an activating group) is 1. The fourth-order valence-corrected chi connectivity index (χ4v) is 3.41. The SMILES string of the molecule is COc1ccc(OC)c([C@H](C)NC(=O)CN(C)[C@@H](C)c2ccc(-n3cncn3)cc2)c1. The number of amides is 1. The molecular formula is C23H29N5O3. The molecule has 1 amide bonds. The maximum Gasteiger partial charge on any atom is 0.234 e. The Balaban J connectivity index is 1.61. The third-order valence-corrected chi connectivity index (χ3v) is 5.39. The molecule has 0 aliphatic carbocycles. The molecule has 31 heavy (non-hydrogen) atoms. The second-order valence-corrected chi connectivity index (χ2v) is 7.42. The molecule has 3 aromatic rings. The highest BCUT2D eigenvalue weighted by molar-refractivity contribution is 5.78. The second-order valence-electron chi connectivity index (χ2n) is 7.42. The summed E-state index contributed by atoms with van der Waals surface area (Å²) in [5.41, 5.74) is 2.92. The van der Waals surface area contributed by atoms with Crippen LogP contribution in [0.15, 0.2) is 55.1 Å². The van der Waals surface area contributed by atoms with Crippen molar-refractivity contribution in [2.75, 3.05) is 27.8 Å². The average Bonchev–Trinajstić information content (AvgIpc) is 3.33. The van der Waals surface area contributed by atoms with Gasteiger partial charge >= 0.3 is 0 Å². The largest absolute Gasteiger partial charge is 0.497 e. The molecule has 0 saturated heterocycles. The lowest BCUT2D eigenvalue weighted by atomic mass is 10.1. The second kappa shape index (κ2) is 10.1. The molecule has 3 rings (SSSR count). The minimum atomic E-state index is -0.219. The molecule has 0 saturated carbocycles. The first-order chi connectivity index (χ1) is 14.9. The third-order valence-electron chi connectivity index (χ3n) is 5.39. The van der Waals surface area contributed by atoms with Crippen LogP contribution in [0.2, 0.25) is 0 Å². The van der Waals surface area contributed by atoms with E-state index in [-0.39, 0.29) is 24.5 Å². The number of nitrogens with zero attached hydrogens (tertiary/aromatic N) is 4. The molecule has 1 heterocycles. The van der Waals surface area contributed by atoms with E-state index < -0.39 is 0 Å². The van der Waals surface area contributed by atoms with Crippen molar-refractivity contribution in [3.8, 4) is 17.2 Å². The van der Waals surface area contributed by atoms with E-state index in [1.165, 1.54) is 6.33 Å². The maximum atomic E-state index is 12.7. The number of methoxy groups -OCH3 is 2. The van der Waals surface area contributed by atoms with Crippen LogP contribution in [0.1, 0.15) is 37.1 Å². The van der Waals surface area contributed by atoms with E-state index in [9.17, 15) is 4.79 Å². The van der Waals surface area contributed by atoms with Gasteiger partial charge in [0.15, 0.2) is 0 Å². The average molecular weight is 424 g/mol. The number of hydrogen-bond acceptors (Lipinski definition) is 6. The van der Waals surface area contributed by atoms with Crippen LogP contribution in [0.3, 0.4) is 0 Å². The number of aromatic nitrogens is 3. The number of rotatable bonds is 9. The monoisotopic (exact) mass is 423 g/mol. The topological polar surface area (TPSA) is 81.5 Å². The van der Waals surface area contributed by atoms with E-state index in [0.717, 1.165) is 22.6 Å². The van der Waals surface area contributed by atoms with Crippen molar-refractivity contribution in [3.05, 3.63) is 66.2 Å². The lowest BCUT2D eigenvalue weighted by molar-refractivity contribution is -0.123.